The summed E-state index contributed by atoms with van der Waals surface area (Å²) < 4.78 is 0. The molecule has 0 spiro atoms. The highest BCUT2D eigenvalue weighted by Gasteiger charge is 2.26. The number of H-pyrrole nitrogens is 1. The average molecular weight is 496 g/mol. The number of anilines is 2. The second kappa shape index (κ2) is 11.7. The third-order valence-electron chi connectivity index (χ3n) is 7.79. The van der Waals surface area contributed by atoms with E-state index in [2.05, 4.69) is 62.5 Å². The Hall–Kier alpha value is -3.48. The molecule has 1 aromatic carbocycles. The lowest BCUT2D eigenvalue weighted by Gasteiger charge is -2.36. The maximum absolute atomic E-state index is 12.8. The summed E-state index contributed by atoms with van der Waals surface area (Å²) in [6.45, 7) is 13.8. The number of likely N-dealkylation sites (tertiary alicyclic amines) is 2. The number of rotatable bonds is 9. The first kappa shape index (κ1) is 25.2. The Labute approximate surface area is 219 Å². The van der Waals surface area contributed by atoms with Gasteiger partial charge in [-0.1, -0.05) is 43.5 Å². The fourth-order valence-electron chi connectivity index (χ4n) is 5.73. The van der Waals surface area contributed by atoms with E-state index in [4.69, 9.17) is 0 Å². The van der Waals surface area contributed by atoms with Crippen molar-refractivity contribution >= 4 is 27.9 Å². The molecule has 0 amide bonds. The molecule has 2 saturated heterocycles. The molecule has 2 fully saturated rings. The van der Waals surface area contributed by atoms with Gasteiger partial charge in [-0.15, -0.1) is 0 Å². The quantitative estimate of drug-likeness (QED) is 0.383. The number of hydrogen-bond donors (Lipinski definition) is 2. The van der Waals surface area contributed by atoms with Gasteiger partial charge in [-0.25, -0.2) is 4.98 Å². The summed E-state index contributed by atoms with van der Waals surface area (Å²) in [4.78, 5) is 25.4. The van der Waals surface area contributed by atoms with Crippen LogP contribution in [-0.2, 0) is 6.42 Å². The SMILES string of the molecule is C=C/C=C(\C=C)c1c[nH]c(=O)c2c(Nc3ccc(CCN4CCC(N5CCCC5)CC4)cc3)nccc12. The van der Waals surface area contributed by atoms with E-state index in [1.54, 1.807) is 24.5 Å². The van der Waals surface area contributed by atoms with Crippen LogP contribution in [0.2, 0.25) is 0 Å². The largest absolute Gasteiger partial charge is 0.340 e. The van der Waals surface area contributed by atoms with Crippen LogP contribution < -0.4 is 10.9 Å². The molecule has 2 N–H and O–H groups in total. The van der Waals surface area contributed by atoms with Crippen molar-refractivity contribution in [3.63, 3.8) is 0 Å². The highest BCUT2D eigenvalue weighted by molar-refractivity contribution is 6.00. The van der Waals surface area contributed by atoms with Gasteiger partial charge in [0.05, 0.1) is 5.39 Å². The van der Waals surface area contributed by atoms with E-state index in [9.17, 15) is 4.79 Å². The van der Waals surface area contributed by atoms with Crippen molar-refractivity contribution in [1.29, 1.82) is 0 Å². The molecule has 4 heterocycles. The fourth-order valence-corrected chi connectivity index (χ4v) is 5.73. The van der Waals surface area contributed by atoms with Crippen molar-refractivity contribution in [3.05, 3.63) is 95.6 Å². The molecule has 0 atom stereocenters. The molecule has 2 aliphatic rings. The van der Waals surface area contributed by atoms with Gasteiger partial charge < -0.3 is 20.1 Å². The van der Waals surface area contributed by atoms with E-state index < -0.39 is 0 Å². The Kier molecular flexibility index (Phi) is 7.97. The lowest BCUT2D eigenvalue weighted by Crippen LogP contribution is -2.44. The molecule has 5 rings (SSSR count). The summed E-state index contributed by atoms with van der Waals surface area (Å²) >= 11 is 0. The topological polar surface area (TPSA) is 64.3 Å². The number of nitrogens with one attached hydrogen (secondary N) is 2. The van der Waals surface area contributed by atoms with Crippen LogP contribution in [0, 0.1) is 0 Å². The maximum Gasteiger partial charge on any atom is 0.259 e. The third kappa shape index (κ3) is 5.76. The minimum absolute atomic E-state index is 0.179. The van der Waals surface area contributed by atoms with Crippen LogP contribution in [0.15, 0.2) is 78.9 Å². The van der Waals surface area contributed by atoms with E-state index in [1.807, 2.05) is 12.1 Å². The monoisotopic (exact) mass is 495 g/mol. The van der Waals surface area contributed by atoms with Crippen LogP contribution in [-0.4, -0.2) is 58.5 Å². The van der Waals surface area contributed by atoms with E-state index in [0.717, 1.165) is 41.2 Å². The van der Waals surface area contributed by atoms with Gasteiger partial charge in [0.2, 0.25) is 0 Å². The predicted molar refractivity (Wildman–Crippen MR) is 154 cm³/mol. The molecule has 0 saturated carbocycles. The van der Waals surface area contributed by atoms with Crippen LogP contribution in [0.5, 0.6) is 0 Å². The molecular formula is C31H37N5O. The van der Waals surface area contributed by atoms with Crippen molar-refractivity contribution in [2.24, 2.45) is 0 Å². The van der Waals surface area contributed by atoms with Crippen LogP contribution >= 0.6 is 0 Å². The summed E-state index contributed by atoms with van der Waals surface area (Å²) in [6.07, 6.45) is 15.2. The van der Waals surface area contributed by atoms with Gasteiger partial charge in [0.1, 0.15) is 5.82 Å². The third-order valence-corrected chi connectivity index (χ3v) is 7.79. The van der Waals surface area contributed by atoms with Crippen LogP contribution in [0.25, 0.3) is 16.3 Å². The van der Waals surface area contributed by atoms with Gasteiger partial charge in [-0.2, -0.15) is 0 Å². The van der Waals surface area contributed by atoms with Gasteiger partial charge in [0, 0.05) is 41.6 Å². The first-order valence-corrected chi connectivity index (χ1v) is 13.4. The summed E-state index contributed by atoms with van der Waals surface area (Å²) in [5, 5.41) is 4.70. The normalized spacial score (nSPS) is 17.8. The van der Waals surface area contributed by atoms with Gasteiger partial charge in [-0.3, -0.25) is 4.79 Å². The zero-order valence-corrected chi connectivity index (χ0v) is 21.6. The Balaban J connectivity index is 1.23. The molecule has 2 aliphatic heterocycles. The molecule has 0 bridgehead atoms. The Morgan fingerprint density at radius 2 is 1.84 bits per heavy atom. The van der Waals surface area contributed by atoms with Gasteiger partial charge in [-0.05, 0) is 87.6 Å². The molecule has 6 heteroatoms. The zero-order chi connectivity index (χ0) is 25.6. The molecule has 192 valence electrons. The molecule has 0 aliphatic carbocycles. The average Bonchev–Trinajstić information content (AvgIpc) is 3.47. The van der Waals surface area contributed by atoms with Gasteiger partial charge in [0.15, 0.2) is 0 Å². The standard InChI is InChI=1S/C31H37N5O/c1-3-7-24(4-2)28-22-33-31(37)29-27(28)12-16-32-30(29)34-25-10-8-23(9-11-25)13-19-35-20-14-26(15-21-35)36-17-5-6-18-36/h3-4,7-12,16,22,26H,1-2,5-6,13-15,17-21H2,(H,32,34)(H,33,37)/b24-7+. The number of fused-ring (bicyclic) bond motifs is 1. The van der Waals surface area contributed by atoms with E-state index in [1.165, 1.54) is 57.4 Å². The Morgan fingerprint density at radius 3 is 2.54 bits per heavy atom. The molecule has 2 aromatic heterocycles. The molecule has 37 heavy (non-hydrogen) atoms. The number of pyridine rings is 2. The molecule has 0 unspecified atom stereocenters. The molecule has 0 radical (unpaired) electrons. The van der Waals surface area contributed by atoms with Crippen LogP contribution in [0.1, 0.15) is 36.8 Å². The number of piperidine rings is 1. The summed E-state index contributed by atoms with van der Waals surface area (Å²) in [5.74, 6) is 0.538. The minimum atomic E-state index is -0.179. The van der Waals surface area contributed by atoms with Crippen LogP contribution in [0.3, 0.4) is 0 Å². The maximum atomic E-state index is 12.8. The van der Waals surface area contributed by atoms with Crippen molar-refractivity contribution in [2.45, 2.75) is 38.1 Å². The zero-order valence-electron chi connectivity index (χ0n) is 21.6. The smallest absolute Gasteiger partial charge is 0.259 e. The fraction of sp³-hybridized carbons (Fsp3) is 0.355. The van der Waals surface area contributed by atoms with Crippen molar-refractivity contribution in [3.8, 4) is 0 Å². The van der Waals surface area contributed by atoms with E-state index >= 15 is 0 Å². The van der Waals surface area contributed by atoms with Crippen molar-refractivity contribution in [1.82, 2.24) is 19.8 Å². The van der Waals surface area contributed by atoms with E-state index in [0.29, 0.717) is 11.2 Å². The van der Waals surface area contributed by atoms with Gasteiger partial charge >= 0.3 is 0 Å². The summed E-state index contributed by atoms with van der Waals surface area (Å²) in [6, 6.07) is 11.1. The second-order valence-electron chi connectivity index (χ2n) is 10.1. The highest BCUT2D eigenvalue weighted by Crippen LogP contribution is 2.28. The minimum Gasteiger partial charge on any atom is -0.340 e. The number of nitrogens with zero attached hydrogens (tertiary/aromatic N) is 3. The number of allylic oxidation sites excluding steroid dienone is 4. The number of aromatic nitrogens is 2. The van der Waals surface area contributed by atoms with E-state index in [-0.39, 0.29) is 5.56 Å². The first-order valence-electron chi connectivity index (χ1n) is 13.4. The van der Waals surface area contributed by atoms with Crippen molar-refractivity contribution < 1.29 is 0 Å². The van der Waals surface area contributed by atoms with Gasteiger partial charge in [0.25, 0.3) is 5.56 Å². The summed E-state index contributed by atoms with van der Waals surface area (Å²) in [5.41, 5.74) is 3.82. The second-order valence-corrected chi connectivity index (χ2v) is 10.1. The predicted octanol–water partition coefficient (Wildman–Crippen LogP) is 5.52. The molecule has 6 nitrogen and oxygen atoms in total. The molecular weight excluding hydrogens is 458 g/mol. The number of hydrogen-bond acceptors (Lipinski definition) is 5. The lowest BCUT2D eigenvalue weighted by atomic mass is 10.0. The summed E-state index contributed by atoms with van der Waals surface area (Å²) in [7, 11) is 0. The van der Waals surface area contributed by atoms with Crippen molar-refractivity contribution in [2.75, 3.05) is 38.0 Å². The molecule has 3 aromatic rings. The van der Waals surface area contributed by atoms with Crippen LogP contribution in [0.4, 0.5) is 11.5 Å². The Bertz CT molecular complexity index is 1330. The number of aromatic amines is 1. The first-order chi connectivity index (χ1) is 18.2. The Morgan fingerprint density at radius 1 is 1.08 bits per heavy atom. The lowest BCUT2D eigenvalue weighted by molar-refractivity contribution is 0.128. The number of benzene rings is 1. The highest BCUT2D eigenvalue weighted by atomic mass is 16.1.